The van der Waals surface area contributed by atoms with Crippen LogP contribution in [0.2, 0.25) is 5.02 Å². The number of nitrogens with one attached hydrogen (secondary N) is 1. The highest BCUT2D eigenvalue weighted by Gasteiger charge is 2.26. The Bertz CT molecular complexity index is 942. The Balaban J connectivity index is 1.70. The predicted octanol–water partition coefficient (Wildman–Crippen LogP) is 4.72. The zero-order valence-corrected chi connectivity index (χ0v) is 19.7. The summed E-state index contributed by atoms with van der Waals surface area (Å²) in [6.07, 6.45) is 5.56. The topological polar surface area (TPSA) is 60.0 Å². The van der Waals surface area contributed by atoms with Gasteiger partial charge in [0.1, 0.15) is 5.75 Å². The molecule has 32 heavy (non-hydrogen) atoms. The van der Waals surface area contributed by atoms with Gasteiger partial charge in [-0.05, 0) is 62.7 Å². The van der Waals surface area contributed by atoms with Gasteiger partial charge in [0, 0.05) is 18.2 Å². The van der Waals surface area contributed by atoms with Gasteiger partial charge in [0.15, 0.2) is 11.5 Å². The molecule has 1 aliphatic rings. The first-order valence-corrected chi connectivity index (χ1v) is 11.3. The lowest BCUT2D eigenvalue weighted by Crippen LogP contribution is -2.36. The van der Waals surface area contributed by atoms with Crippen LogP contribution >= 0.6 is 11.6 Å². The maximum Gasteiger partial charge on any atom is 0.244 e. The summed E-state index contributed by atoms with van der Waals surface area (Å²) < 4.78 is 16.5. The van der Waals surface area contributed by atoms with Gasteiger partial charge in [-0.15, -0.1) is 0 Å². The van der Waals surface area contributed by atoms with Gasteiger partial charge in [-0.3, -0.25) is 9.69 Å². The van der Waals surface area contributed by atoms with Gasteiger partial charge < -0.3 is 19.5 Å². The lowest BCUT2D eigenvalue weighted by atomic mass is 10.0. The Kier molecular flexibility index (Phi) is 8.82. The summed E-state index contributed by atoms with van der Waals surface area (Å²) >= 11 is 6.32. The second kappa shape index (κ2) is 11.8. The number of ether oxygens (including phenoxy) is 3. The van der Waals surface area contributed by atoms with Gasteiger partial charge in [0.2, 0.25) is 5.91 Å². The van der Waals surface area contributed by atoms with Gasteiger partial charge in [-0.25, -0.2) is 0 Å². The highest BCUT2D eigenvalue weighted by atomic mass is 35.5. The van der Waals surface area contributed by atoms with Crippen LogP contribution in [0.1, 0.15) is 36.9 Å². The molecule has 1 fully saturated rings. The fourth-order valence-corrected chi connectivity index (χ4v) is 4.25. The van der Waals surface area contributed by atoms with E-state index in [4.69, 9.17) is 25.8 Å². The van der Waals surface area contributed by atoms with Crippen LogP contribution in [0.25, 0.3) is 6.08 Å². The number of nitrogens with zero attached hydrogens (tertiary/aromatic N) is 1. The fourth-order valence-electron chi connectivity index (χ4n) is 3.98. The first-order valence-electron chi connectivity index (χ1n) is 10.9. The lowest BCUT2D eigenvalue weighted by molar-refractivity contribution is -0.116. The largest absolute Gasteiger partial charge is 0.496 e. The van der Waals surface area contributed by atoms with Crippen LogP contribution in [0.4, 0.5) is 0 Å². The smallest absolute Gasteiger partial charge is 0.244 e. The van der Waals surface area contributed by atoms with Crippen LogP contribution in [0.3, 0.4) is 0 Å². The van der Waals surface area contributed by atoms with Crippen molar-refractivity contribution in [3.63, 3.8) is 0 Å². The minimum Gasteiger partial charge on any atom is -0.496 e. The summed E-state index contributed by atoms with van der Waals surface area (Å²) in [5.41, 5.74) is 1.84. The van der Waals surface area contributed by atoms with E-state index in [1.807, 2.05) is 25.1 Å². The summed E-state index contributed by atoms with van der Waals surface area (Å²) in [7, 11) is 3.24. The Labute approximate surface area is 195 Å². The minimum absolute atomic E-state index is 0.0611. The van der Waals surface area contributed by atoms with Crippen molar-refractivity contribution >= 4 is 23.6 Å². The number of halogens is 1. The quantitative estimate of drug-likeness (QED) is 0.522. The number of hydrogen-bond donors (Lipinski definition) is 1. The monoisotopic (exact) mass is 458 g/mol. The summed E-state index contributed by atoms with van der Waals surface area (Å²) in [4.78, 5) is 15.0. The maximum absolute atomic E-state index is 12.6. The Morgan fingerprint density at radius 3 is 2.56 bits per heavy atom. The Hall–Kier alpha value is -2.70. The summed E-state index contributed by atoms with van der Waals surface area (Å²) in [5, 5.41) is 3.48. The molecule has 1 amide bonds. The molecule has 1 heterocycles. The van der Waals surface area contributed by atoms with Gasteiger partial charge in [0.05, 0.1) is 31.9 Å². The molecule has 0 aliphatic carbocycles. The van der Waals surface area contributed by atoms with Gasteiger partial charge in [-0.2, -0.15) is 0 Å². The van der Waals surface area contributed by atoms with Crippen molar-refractivity contribution in [2.45, 2.75) is 25.8 Å². The van der Waals surface area contributed by atoms with Gasteiger partial charge in [-0.1, -0.05) is 29.8 Å². The van der Waals surface area contributed by atoms with Crippen LogP contribution in [0.5, 0.6) is 17.2 Å². The van der Waals surface area contributed by atoms with Crippen molar-refractivity contribution in [1.82, 2.24) is 10.2 Å². The van der Waals surface area contributed by atoms with Gasteiger partial charge in [0.25, 0.3) is 0 Å². The number of para-hydroxylation sites is 1. The van der Waals surface area contributed by atoms with E-state index in [0.29, 0.717) is 29.7 Å². The molecule has 0 radical (unpaired) electrons. The Morgan fingerprint density at radius 2 is 1.88 bits per heavy atom. The fraction of sp³-hybridized carbons (Fsp3) is 0.400. The van der Waals surface area contributed by atoms with E-state index in [0.717, 1.165) is 30.0 Å². The Morgan fingerprint density at radius 1 is 1.16 bits per heavy atom. The number of carbonyl (C=O) groups is 1. The van der Waals surface area contributed by atoms with E-state index < -0.39 is 0 Å². The molecule has 172 valence electrons. The second-order valence-electron chi connectivity index (χ2n) is 7.55. The number of hydrogen-bond acceptors (Lipinski definition) is 5. The molecule has 1 N–H and O–H groups in total. The average molecular weight is 459 g/mol. The van der Waals surface area contributed by atoms with Crippen molar-refractivity contribution in [3.05, 3.63) is 58.6 Å². The van der Waals surface area contributed by atoms with E-state index in [1.54, 1.807) is 32.4 Å². The molecule has 6 nitrogen and oxygen atoms in total. The molecule has 0 aromatic heterocycles. The number of benzene rings is 2. The van der Waals surface area contributed by atoms with E-state index in [9.17, 15) is 4.79 Å². The average Bonchev–Trinajstić information content (AvgIpc) is 3.34. The number of rotatable bonds is 10. The lowest BCUT2D eigenvalue weighted by Gasteiger charge is -2.29. The van der Waals surface area contributed by atoms with Crippen molar-refractivity contribution in [2.24, 2.45) is 0 Å². The molecule has 1 aliphatic heterocycles. The third-order valence-corrected chi connectivity index (χ3v) is 5.80. The van der Waals surface area contributed by atoms with Crippen LogP contribution < -0.4 is 19.5 Å². The van der Waals surface area contributed by atoms with Crippen molar-refractivity contribution in [3.8, 4) is 17.2 Å². The van der Waals surface area contributed by atoms with Crippen LogP contribution in [0, 0.1) is 0 Å². The number of carbonyl (C=O) groups excluding carboxylic acids is 1. The molecular formula is C25H31ClN2O4. The third-order valence-electron chi connectivity index (χ3n) is 5.52. The third kappa shape index (κ3) is 5.96. The van der Waals surface area contributed by atoms with E-state index in [-0.39, 0.29) is 11.9 Å². The molecule has 3 rings (SSSR count). The molecule has 1 unspecified atom stereocenters. The summed E-state index contributed by atoms with van der Waals surface area (Å²) in [5.74, 6) is 1.70. The van der Waals surface area contributed by atoms with E-state index in [2.05, 4.69) is 16.3 Å². The molecule has 2 aromatic carbocycles. The molecule has 0 spiro atoms. The zero-order valence-electron chi connectivity index (χ0n) is 18.9. The molecule has 1 saturated heterocycles. The minimum atomic E-state index is -0.173. The van der Waals surface area contributed by atoms with Crippen molar-refractivity contribution in [1.29, 1.82) is 0 Å². The SMILES string of the molecule is CCOc1c(Cl)cc(/C=C/C(=O)NCC(c2ccccc2OC)N2CCCC2)cc1OC. The number of methoxy groups -OCH3 is 2. The van der Waals surface area contributed by atoms with Crippen molar-refractivity contribution in [2.75, 3.05) is 40.5 Å². The molecule has 7 heteroatoms. The first-order chi connectivity index (χ1) is 15.6. The molecule has 2 aromatic rings. The van der Waals surface area contributed by atoms with Gasteiger partial charge >= 0.3 is 0 Å². The molecular weight excluding hydrogens is 428 g/mol. The first kappa shape index (κ1) is 24.0. The molecule has 1 atom stereocenters. The van der Waals surface area contributed by atoms with Crippen LogP contribution in [-0.2, 0) is 4.79 Å². The number of amides is 1. The molecule has 0 saturated carbocycles. The summed E-state index contributed by atoms with van der Waals surface area (Å²) in [6.45, 7) is 4.89. The standard InChI is InChI=1S/C25H31ClN2O4/c1-4-32-25-20(26)15-18(16-23(25)31-3)11-12-24(29)27-17-21(28-13-7-8-14-28)19-9-5-6-10-22(19)30-2/h5-6,9-12,15-16,21H,4,7-8,13-14,17H2,1-3H3,(H,27,29)/b12-11+. The predicted molar refractivity (Wildman–Crippen MR) is 128 cm³/mol. The van der Waals surface area contributed by atoms with E-state index >= 15 is 0 Å². The zero-order chi connectivity index (χ0) is 22.9. The number of likely N-dealkylation sites (tertiary alicyclic amines) is 1. The van der Waals surface area contributed by atoms with Crippen molar-refractivity contribution < 1.29 is 19.0 Å². The normalized spacial score (nSPS) is 15.0. The van der Waals surface area contributed by atoms with Crippen LogP contribution in [-0.4, -0.2) is 51.3 Å². The van der Waals surface area contributed by atoms with E-state index in [1.165, 1.54) is 18.9 Å². The maximum atomic E-state index is 12.6. The molecule has 0 bridgehead atoms. The highest BCUT2D eigenvalue weighted by molar-refractivity contribution is 6.32. The highest BCUT2D eigenvalue weighted by Crippen LogP contribution is 2.36. The second-order valence-corrected chi connectivity index (χ2v) is 7.95. The van der Waals surface area contributed by atoms with Crippen LogP contribution in [0.15, 0.2) is 42.5 Å². The summed E-state index contributed by atoms with van der Waals surface area (Å²) in [6, 6.07) is 11.6.